The molecule has 0 bridgehead atoms. The Hall–Kier alpha value is -5.66. The molecule has 0 radical (unpaired) electrons. The van der Waals surface area contributed by atoms with Crippen molar-refractivity contribution in [2.75, 3.05) is 60.6 Å². The van der Waals surface area contributed by atoms with Crippen LogP contribution in [0.3, 0.4) is 0 Å². The number of aliphatic hydroxyl groups is 1. The lowest BCUT2D eigenvalue weighted by Gasteiger charge is -2.55. The highest BCUT2D eigenvalue weighted by atomic mass is 32.2. The molecule has 5 aliphatic heterocycles. The Kier molecular flexibility index (Phi) is 9.85. The Balaban J connectivity index is 0.843. The molecule has 19 heteroatoms. The van der Waals surface area contributed by atoms with Crippen molar-refractivity contribution < 1.29 is 37.5 Å². The van der Waals surface area contributed by atoms with E-state index in [4.69, 9.17) is 10.7 Å². The summed E-state index contributed by atoms with van der Waals surface area (Å²) in [6, 6.07) is 10.0. The first-order valence-corrected chi connectivity index (χ1v) is 20.9. The monoisotopic (exact) mass is 800 g/mol. The fourth-order valence-corrected chi connectivity index (χ4v) is 9.07. The van der Waals surface area contributed by atoms with E-state index in [0.717, 1.165) is 55.6 Å². The molecule has 0 saturated carbocycles. The van der Waals surface area contributed by atoms with Crippen LogP contribution in [0.5, 0.6) is 0 Å². The van der Waals surface area contributed by atoms with Crippen LogP contribution < -0.4 is 31.5 Å². The summed E-state index contributed by atoms with van der Waals surface area (Å²) in [7, 11) is -3.37. The van der Waals surface area contributed by atoms with Crippen LogP contribution in [0.2, 0.25) is 0 Å². The predicted octanol–water partition coefficient (Wildman–Crippen LogP) is 1.26. The van der Waals surface area contributed by atoms with Crippen LogP contribution in [-0.4, -0.2) is 121 Å². The summed E-state index contributed by atoms with van der Waals surface area (Å²) in [6.45, 7) is 3.89. The predicted molar refractivity (Wildman–Crippen MR) is 206 cm³/mol. The minimum Gasteiger partial charge on any atom is -0.373 e. The maximum Gasteiger partial charge on any atom is 0.317 e. The number of nitrogens with one attached hydrogen (secondary N) is 3. The normalized spacial score (nSPS) is 22.6. The number of sulfone groups is 1. The molecule has 8 rings (SSSR count). The van der Waals surface area contributed by atoms with Crippen molar-refractivity contribution in [3.63, 3.8) is 0 Å². The van der Waals surface area contributed by atoms with Crippen LogP contribution in [-0.2, 0) is 19.4 Å². The van der Waals surface area contributed by atoms with Gasteiger partial charge >= 0.3 is 6.03 Å². The van der Waals surface area contributed by atoms with Gasteiger partial charge in [-0.05, 0) is 74.6 Å². The molecule has 0 aliphatic carbocycles. The quantitative estimate of drug-likeness (QED) is 0.159. The summed E-state index contributed by atoms with van der Waals surface area (Å²) >= 11 is 0. The lowest BCUT2D eigenvalue weighted by molar-refractivity contribution is -0.136. The molecule has 1 aromatic heterocycles. The first kappa shape index (κ1) is 38.2. The third-order valence-corrected chi connectivity index (χ3v) is 12.8. The Morgan fingerprint density at radius 2 is 1.70 bits per heavy atom. The molecule has 6 heterocycles. The number of urea groups is 1. The maximum atomic E-state index is 13.5. The molecule has 3 aromatic rings. The Morgan fingerprint density at radius 3 is 2.39 bits per heavy atom. The van der Waals surface area contributed by atoms with Crippen LogP contribution in [0, 0.1) is 5.41 Å². The van der Waals surface area contributed by atoms with Gasteiger partial charge in [0.1, 0.15) is 23.8 Å². The number of amides is 6. The van der Waals surface area contributed by atoms with Gasteiger partial charge in [0, 0.05) is 74.8 Å². The van der Waals surface area contributed by atoms with E-state index in [0.29, 0.717) is 37.7 Å². The standard InChI is InChI=1S/C38H44N10O8S/c1-57(55,56)25-7-4-22(5-8-25)41-33-31(32(39)50)40-18-29(43-33)46-14-2-3-23(19-46)42-37(54)45-15-12-38(13-16-45)20-47(21-38)24-6-9-26-27(17-24)36(53)48(35(26)52)28-10-11-30(49)44-34(28)51/h4-9,17-18,23,28,32,50H,2-3,10-16,19-21,39H2,1H3,(H,41,43)(H,42,54)(H,44,49,51)/t23-,28?,32?/m1/s1. The summed E-state index contributed by atoms with van der Waals surface area (Å²) < 4.78 is 23.8. The number of aliphatic hydroxyl groups excluding tert-OH is 1. The van der Waals surface area contributed by atoms with Gasteiger partial charge in [0.25, 0.3) is 11.8 Å². The summed E-state index contributed by atoms with van der Waals surface area (Å²) in [5, 5.41) is 18.7. The number of benzene rings is 2. The van der Waals surface area contributed by atoms with Gasteiger partial charge in [0.2, 0.25) is 11.8 Å². The van der Waals surface area contributed by atoms with E-state index in [2.05, 4.69) is 25.8 Å². The first-order chi connectivity index (χ1) is 27.2. The van der Waals surface area contributed by atoms with Crippen molar-refractivity contribution in [2.24, 2.45) is 11.1 Å². The fourth-order valence-electron chi connectivity index (χ4n) is 8.44. The molecule has 2 aromatic carbocycles. The SMILES string of the molecule is CS(=O)(=O)c1ccc(Nc2nc(N3CCC[C@@H](NC(=O)N4CCC5(CC4)CN(c4ccc6c(c4)C(=O)N(C4CCC(=O)NC4=O)C6=O)C5)C3)cnc2C(N)O)cc1. The molecule has 4 fully saturated rings. The highest BCUT2D eigenvalue weighted by Gasteiger charge is 2.48. The summed E-state index contributed by atoms with van der Waals surface area (Å²) in [6.07, 6.45) is 4.67. The number of likely N-dealkylation sites (tertiary alicyclic amines) is 1. The third kappa shape index (κ3) is 7.49. The van der Waals surface area contributed by atoms with E-state index >= 15 is 0 Å². The van der Waals surface area contributed by atoms with E-state index in [1.165, 1.54) is 18.3 Å². The number of piperidine rings is 3. The third-order valence-electron chi connectivity index (χ3n) is 11.6. The van der Waals surface area contributed by atoms with Crippen molar-refractivity contribution in [3.05, 3.63) is 65.5 Å². The summed E-state index contributed by atoms with van der Waals surface area (Å²) in [5.74, 6) is -1.35. The number of nitrogens with zero attached hydrogens (tertiary/aromatic N) is 6. The largest absolute Gasteiger partial charge is 0.373 e. The van der Waals surface area contributed by atoms with Gasteiger partial charge in [-0.1, -0.05) is 0 Å². The zero-order valence-corrected chi connectivity index (χ0v) is 32.1. The van der Waals surface area contributed by atoms with Gasteiger partial charge < -0.3 is 36.2 Å². The zero-order chi connectivity index (χ0) is 40.2. The van der Waals surface area contributed by atoms with Crippen LogP contribution in [0.4, 0.5) is 27.8 Å². The van der Waals surface area contributed by atoms with Gasteiger partial charge in [0.15, 0.2) is 15.7 Å². The van der Waals surface area contributed by atoms with Gasteiger partial charge in [-0.2, -0.15) is 0 Å². The molecule has 18 nitrogen and oxygen atoms in total. The molecule has 2 unspecified atom stereocenters. The molecule has 1 spiro atoms. The first-order valence-electron chi connectivity index (χ1n) is 19.0. The number of anilines is 4. The summed E-state index contributed by atoms with van der Waals surface area (Å²) in [4.78, 5) is 80.2. The fraction of sp³-hybridized carbons (Fsp3) is 0.447. The molecule has 6 N–H and O–H groups in total. The smallest absolute Gasteiger partial charge is 0.317 e. The average molecular weight is 801 g/mol. The van der Waals surface area contributed by atoms with Crippen LogP contribution in [0.1, 0.15) is 71.2 Å². The van der Waals surface area contributed by atoms with Gasteiger partial charge in [-0.15, -0.1) is 0 Å². The van der Waals surface area contributed by atoms with Crippen LogP contribution in [0.15, 0.2) is 53.6 Å². The van der Waals surface area contributed by atoms with Crippen molar-refractivity contribution in [2.45, 2.75) is 61.7 Å². The molecule has 3 atom stereocenters. The van der Waals surface area contributed by atoms with Crippen molar-refractivity contribution >= 4 is 62.5 Å². The van der Waals surface area contributed by atoms with Crippen LogP contribution >= 0.6 is 0 Å². The second-order valence-corrected chi connectivity index (χ2v) is 17.6. The van der Waals surface area contributed by atoms with Gasteiger partial charge in [-0.25, -0.2) is 23.2 Å². The number of carbonyl (C=O) groups is 5. The number of aromatic nitrogens is 2. The van der Waals surface area contributed by atoms with Crippen molar-refractivity contribution in [1.82, 2.24) is 30.4 Å². The molecule has 6 amide bonds. The molecule has 57 heavy (non-hydrogen) atoms. The van der Waals surface area contributed by atoms with Gasteiger partial charge in [-0.3, -0.25) is 29.4 Å². The van der Waals surface area contributed by atoms with E-state index in [-0.39, 0.29) is 57.9 Å². The second kappa shape index (κ2) is 14.7. The van der Waals surface area contributed by atoms with E-state index < -0.39 is 45.7 Å². The second-order valence-electron chi connectivity index (χ2n) is 15.6. The van der Waals surface area contributed by atoms with Crippen LogP contribution in [0.25, 0.3) is 0 Å². The Bertz CT molecular complexity index is 2250. The highest BCUT2D eigenvalue weighted by Crippen LogP contribution is 2.43. The average Bonchev–Trinajstić information content (AvgIpc) is 3.41. The number of nitrogens with two attached hydrogens (primary N) is 1. The number of imide groups is 2. The van der Waals surface area contributed by atoms with E-state index in [9.17, 15) is 37.5 Å². The molecular formula is C38H44N10O8S. The number of fused-ring (bicyclic) bond motifs is 1. The number of carbonyl (C=O) groups excluding carboxylic acids is 5. The maximum absolute atomic E-state index is 13.5. The minimum atomic E-state index is -3.37. The number of hydrogen-bond donors (Lipinski definition) is 5. The van der Waals surface area contributed by atoms with Crippen molar-refractivity contribution in [3.8, 4) is 0 Å². The minimum absolute atomic E-state index is 0.0272. The summed E-state index contributed by atoms with van der Waals surface area (Å²) in [5.41, 5.74) is 7.79. The van der Waals surface area contributed by atoms with Gasteiger partial charge in [0.05, 0.1) is 22.2 Å². The van der Waals surface area contributed by atoms with Crippen molar-refractivity contribution in [1.29, 1.82) is 0 Å². The number of hydrogen-bond acceptors (Lipinski definition) is 14. The number of rotatable bonds is 8. The van der Waals surface area contributed by atoms with E-state index in [1.54, 1.807) is 24.3 Å². The molecule has 300 valence electrons. The molecule has 5 aliphatic rings. The lowest BCUT2D eigenvalue weighted by atomic mass is 9.71. The lowest BCUT2D eigenvalue weighted by Crippen LogP contribution is -2.62. The Labute approximate surface area is 328 Å². The van der Waals surface area contributed by atoms with E-state index in [1.807, 2.05) is 15.9 Å². The molecule has 4 saturated heterocycles. The zero-order valence-electron chi connectivity index (χ0n) is 31.3. The highest BCUT2D eigenvalue weighted by molar-refractivity contribution is 7.90. The molecular weight excluding hydrogens is 757 g/mol. The Morgan fingerprint density at radius 1 is 0.982 bits per heavy atom. The topological polar surface area (TPSA) is 241 Å².